The summed E-state index contributed by atoms with van der Waals surface area (Å²) in [5, 5.41) is 4.97. The first-order valence-electron chi connectivity index (χ1n) is 5.72. The van der Waals surface area contributed by atoms with Crippen molar-refractivity contribution >= 4 is 23.4 Å². The molecule has 4 nitrogen and oxygen atoms in total. The van der Waals surface area contributed by atoms with Crippen LogP contribution in [0, 0.1) is 6.92 Å². The van der Waals surface area contributed by atoms with Crippen molar-refractivity contribution in [2.24, 2.45) is 12.8 Å². The van der Waals surface area contributed by atoms with Gasteiger partial charge in [0, 0.05) is 30.2 Å². The Bertz CT molecular complexity index is 390. The summed E-state index contributed by atoms with van der Waals surface area (Å²) in [6.45, 7) is 2.76. The van der Waals surface area contributed by atoms with Gasteiger partial charge in [-0.25, -0.2) is 0 Å². The van der Waals surface area contributed by atoms with Crippen molar-refractivity contribution in [2.75, 3.05) is 18.1 Å². The monoisotopic (exact) mass is 275 g/mol. The number of hydrogen-bond acceptors (Lipinski definition) is 4. The molecule has 2 unspecified atom stereocenters. The minimum Gasteiger partial charge on any atom is -0.375 e. The first-order chi connectivity index (χ1) is 8.09. The van der Waals surface area contributed by atoms with Gasteiger partial charge in [-0.2, -0.15) is 16.9 Å². The molecule has 1 aliphatic rings. The van der Waals surface area contributed by atoms with Gasteiger partial charge in [0.1, 0.15) is 5.15 Å². The van der Waals surface area contributed by atoms with Crippen LogP contribution < -0.4 is 5.73 Å². The number of halogens is 1. The third-order valence-electron chi connectivity index (χ3n) is 3.03. The van der Waals surface area contributed by atoms with Crippen LogP contribution >= 0.6 is 23.4 Å². The third-order valence-corrected chi connectivity index (χ3v) is 4.52. The maximum Gasteiger partial charge on any atom is 0.130 e. The molecule has 0 saturated carbocycles. The molecule has 1 saturated heterocycles. The number of nitrogens with zero attached hydrogens (tertiary/aromatic N) is 2. The zero-order chi connectivity index (χ0) is 12.4. The van der Waals surface area contributed by atoms with Gasteiger partial charge >= 0.3 is 0 Å². The van der Waals surface area contributed by atoms with E-state index in [1.165, 1.54) is 0 Å². The lowest BCUT2D eigenvalue weighted by atomic mass is 10.0. The zero-order valence-electron chi connectivity index (χ0n) is 10.1. The average molecular weight is 276 g/mol. The van der Waals surface area contributed by atoms with E-state index in [1.807, 2.05) is 25.7 Å². The van der Waals surface area contributed by atoms with Crippen LogP contribution in [0.2, 0.25) is 5.15 Å². The fourth-order valence-corrected chi connectivity index (χ4v) is 3.23. The summed E-state index contributed by atoms with van der Waals surface area (Å²) in [5.41, 5.74) is 8.19. The smallest absolute Gasteiger partial charge is 0.130 e. The molecule has 0 amide bonds. The normalized spacial score (nSPS) is 22.7. The van der Waals surface area contributed by atoms with E-state index in [1.54, 1.807) is 4.68 Å². The molecule has 17 heavy (non-hydrogen) atoms. The van der Waals surface area contributed by atoms with Crippen LogP contribution in [0.4, 0.5) is 0 Å². The van der Waals surface area contributed by atoms with E-state index in [-0.39, 0.29) is 12.1 Å². The summed E-state index contributed by atoms with van der Waals surface area (Å²) in [6.07, 6.45) is 0.855. The van der Waals surface area contributed by atoms with Crippen LogP contribution in [0.25, 0.3) is 0 Å². The number of ether oxygens (including phenoxy) is 1. The highest BCUT2D eigenvalue weighted by Crippen LogP contribution is 2.23. The van der Waals surface area contributed by atoms with Gasteiger partial charge in [0.2, 0.25) is 0 Å². The molecule has 2 rings (SSSR count). The molecule has 6 heteroatoms. The van der Waals surface area contributed by atoms with Crippen molar-refractivity contribution in [1.29, 1.82) is 0 Å². The van der Waals surface area contributed by atoms with Crippen molar-refractivity contribution in [1.82, 2.24) is 9.78 Å². The lowest BCUT2D eigenvalue weighted by Crippen LogP contribution is -2.42. The summed E-state index contributed by atoms with van der Waals surface area (Å²) in [4.78, 5) is 0. The Balaban J connectivity index is 2.04. The van der Waals surface area contributed by atoms with Gasteiger partial charge in [0.15, 0.2) is 0 Å². The molecule has 0 aliphatic carbocycles. The Hall–Kier alpha value is -0.230. The molecule has 1 aliphatic heterocycles. The van der Waals surface area contributed by atoms with E-state index in [2.05, 4.69) is 5.10 Å². The van der Waals surface area contributed by atoms with Gasteiger partial charge in [0.05, 0.1) is 18.4 Å². The molecule has 2 N–H and O–H groups in total. The lowest BCUT2D eigenvalue weighted by molar-refractivity contribution is 0.0571. The number of nitrogens with two attached hydrogens (primary N) is 1. The Morgan fingerprint density at radius 1 is 1.71 bits per heavy atom. The fraction of sp³-hybridized carbons (Fsp3) is 0.727. The van der Waals surface area contributed by atoms with Crippen LogP contribution in [-0.2, 0) is 18.2 Å². The highest BCUT2D eigenvalue weighted by Gasteiger charge is 2.24. The molecule has 0 spiro atoms. The number of aryl methyl sites for hydroxylation is 2. The van der Waals surface area contributed by atoms with E-state index in [0.29, 0.717) is 5.15 Å². The molecule has 0 bridgehead atoms. The molecule has 2 heterocycles. The van der Waals surface area contributed by atoms with Crippen molar-refractivity contribution < 1.29 is 4.74 Å². The Morgan fingerprint density at radius 3 is 3.00 bits per heavy atom. The summed E-state index contributed by atoms with van der Waals surface area (Å²) in [6, 6.07) is -0.0109. The second kappa shape index (κ2) is 5.61. The minimum atomic E-state index is -0.0109. The van der Waals surface area contributed by atoms with E-state index in [9.17, 15) is 0 Å². The van der Waals surface area contributed by atoms with Crippen molar-refractivity contribution in [3.63, 3.8) is 0 Å². The molecule has 0 radical (unpaired) electrons. The minimum absolute atomic E-state index is 0.0109. The summed E-state index contributed by atoms with van der Waals surface area (Å²) < 4.78 is 7.37. The maximum atomic E-state index is 6.20. The van der Waals surface area contributed by atoms with E-state index < -0.39 is 0 Å². The number of aromatic nitrogens is 2. The van der Waals surface area contributed by atoms with Crippen LogP contribution in [0.1, 0.15) is 11.3 Å². The number of hydrogen-bond donors (Lipinski definition) is 1. The van der Waals surface area contributed by atoms with Crippen LogP contribution in [0.15, 0.2) is 0 Å². The number of rotatable bonds is 3. The molecule has 1 aromatic heterocycles. The fourth-order valence-electron chi connectivity index (χ4n) is 2.03. The number of thioether (sulfide) groups is 1. The highest BCUT2D eigenvalue weighted by atomic mass is 35.5. The van der Waals surface area contributed by atoms with Crippen molar-refractivity contribution in [3.05, 3.63) is 16.4 Å². The molecular formula is C11H18ClN3OS. The molecule has 2 atom stereocenters. The topological polar surface area (TPSA) is 53.1 Å². The van der Waals surface area contributed by atoms with E-state index in [4.69, 9.17) is 22.1 Å². The van der Waals surface area contributed by atoms with Gasteiger partial charge in [-0.1, -0.05) is 11.6 Å². The predicted octanol–water partition coefficient (Wildman–Crippen LogP) is 1.38. The van der Waals surface area contributed by atoms with Crippen LogP contribution in [-0.4, -0.2) is 40.0 Å². The van der Waals surface area contributed by atoms with Gasteiger partial charge in [0.25, 0.3) is 0 Å². The standard InChI is InChI=1S/C11H18ClN3OS/c1-7-8(11(12)15(2)14-7)5-9(13)10-6-17-4-3-16-10/h9-10H,3-6,13H2,1-2H3. The first-order valence-corrected chi connectivity index (χ1v) is 7.25. The zero-order valence-corrected chi connectivity index (χ0v) is 11.7. The van der Waals surface area contributed by atoms with Gasteiger partial charge in [-0.3, -0.25) is 4.68 Å². The quantitative estimate of drug-likeness (QED) is 0.906. The SMILES string of the molecule is Cc1nn(C)c(Cl)c1CC(N)C1CSCCO1. The molecule has 1 fully saturated rings. The molecular weight excluding hydrogens is 258 g/mol. The average Bonchev–Trinajstić information content (AvgIpc) is 2.57. The summed E-state index contributed by atoms with van der Waals surface area (Å²) in [7, 11) is 1.84. The van der Waals surface area contributed by atoms with E-state index in [0.717, 1.165) is 35.8 Å². The van der Waals surface area contributed by atoms with Crippen molar-refractivity contribution in [3.8, 4) is 0 Å². The molecule has 96 valence electrons. The van der Waals surface area contributed by atoms with Gasteiger partial charge in [-0.05, 0) is 13.3 Å². The van der Waals surface area contributed by atoms with Gasteiger partial charge in [-0.15, -0.1) is 0 Å². The van der Waals surface area contributed by atoms with Gasteiger partial charge < -0.3 is 10.5 Å². The predicted molar refractivity (Wildman–Crippen MR) is 71.7 cm³/mol. The summed E-state index contributed by atoms with van der Waals surface area (Å²) in [5.74, 6) is 2.04. The highest BCUT2D eigenvalue weighted by molar-refractivity contribution is 7.99. The molecule has 0 aromatic carbocycles. The Morgan fingerprint density at radius 2 is 2.47 bits per heavy atom. The molecule has 1 aromatic rings. The second-order valence-corrected chi connectivity index (χ2v) is 5.84. The largest absolute Gasteiger partial charge is 0.375 e. The van der Waals surface area contributed by atoms with Crippen LogP contribution in [0.3, 0.4) is 0 Å². The Kier molecular flexibility index (Phi) is 4.36. The Labute approximate surface area is 111 Å². The lowest BCUT2D eigenvalue weighted by Gasteiger charge is -2.27. The third kappa shape index (κ3) is 2.96. The second-order valence-electron chi connectivity index (χ2n) is 4.33. The summed E-state index contributed by atoms with van der Waals surface area (Å²) >= 11 is 8.09. The first kappa shape index (κ1) is 13.2. The van der Waals surface area contributed by atoms with E-state index >= 15 is 0 Å². The van der Waals surface area contributed by atoms with Crippen LogP contribution in [0.5, 0.6) is 0 Å². The maximum absolute atomic E-state index is 6.20. The van der Waals surface area contributed by atoms with Crippen molar-refractivity contribution in [2.45, 2.75) is 25.5 Å².